The maximum atomic E-state index is 12.8. The van der Waals surface area contributed by atoms with Gasteiger partial charge in [-0.15, -0.1) is 15.7 Å². The number of hydrogen-bond donors (Lipinski definition) is 0. The lowest BCUT2D eigenvalue weighted by atomic mass is 9.93. The highest BCUT2D eigenvalue weighted by molar-refractivity contribution is 7.90. The van der Waals surface area contributed by atoms with Crippen molar-refractivity contribution in [2.24, 2.45) is 10.3 Å². The van der Waals surface area contributed by atoms with Gasteiger partial charge in [0.25, 0.3) is 10.0 Å². The predicted molar refractivity (Wildman–Crippen MR) is 103 cm³/mol. The molecule has 2 aromatic rings. The maximum Gasteiger partial charge on any atom is 0.286 e. The maximum absolute atomic E-state index is 12.8. The lowest BCUT2D eigenvalue weighted by Crippen LogP contribution is -2.20. The third-order valence-corrected chi connectivity index (χ3v) is 7.78. The van der Waals surface area contributed by atoms with Crippen LogP contribution in [0.4, 0.5) is 0 Å². The van der Waals surface area contributed by atoms with Crippen molar-refractivity contribution in [1.29, 1.82) is 0 Å². The van der Waals surface area contributed by atoms with Crippen LogP contribution in [-0.4, -0.2) is 13.0 Å². The van der Waals surface area contributed by atoms with Crippen LogP contribution in [-0.2, 0) is 22.0 Å². The Morgan fingerprint density at radius 3 is 2.48 bits per heavy atom. The zero-order chi connectivity index (χ0) is 18.4. The molecular formula is C18H23ClN2O2S2. The summed E-state index contributed by atoms with van der Waals surface area (Å²) in [6, 6.07) is 6.44. The van der Waals surface area contributed by atoms with Crippen LogP contribution in [0.5, 0.6) is 0 Å². The van der Waals surface area contributed by atoms with E-state index >= 15 is 0 Å². The summed E-state index contributed by atoms with van der Waals surface area (Å²) < 4.78 is 31.8. The molecule has 1 fully saturated rings. The van der Waals surface area contributed by atoms with Crippen LogP contribution in [0.15, 0.2) is 33.6 Å². The van der Waals surface area contributed by atoms with Crippen molar-refractivity contribution in [2.45, 2.75) is 57.4 Å². The number of rotatable bonds is 4. The van der Waals surface area contributed by atoms with Crippen LogP contribution in [0.25, 0.3) is 0 Å². The minimum atomic E-state index is -3.85. The smallest absolute Gasteiger partial charge is 0.286 e. The normalized spacial score (nSPS) is 16.4. The van der Waals surface area contributed by atoms with E-state index in [0.29, 0.717) is 10.7 Å². The van der Waals surface area contributed by atoms with E-state index in [9.17, 15) is 8.42 Å². The molecule has 1 heterocycles. The summed E-state index contributed by atoms with van der Waals surface area (Å²) in [5.41, 5.74) is 1.06. The van der Waals surface area contributed by atoms with Gasteiger partial charge in [0.1, 0.15) is 4.90 Å². The van der Waals surface area contributed by atoms with E-state index in [1.54, 1.807) is 18.2 Å². The molecular weight excluding hydrogens is 376 g/mol. The first kappa shape index (κ1) is 18.7. The Bertz CT molecular complexity index is 962. The van der Waals surface area contributed by atoms with Gasteiger partial charge in [0.05, 0.1) is 5.02 Å². The molecule has 0 N–H and O–H groups in total. The van der Waals surface area contributed by atoms with Gasteiger partial charge in [0.2, 0.25) is 4.80 Å². The van der Waals surface area contributed by atoms with Gasteiger partial charge in [0, 0.05) is 17.1 Å². The fourth-order valence-corrected chi connectivity index (χ4v) is 5.74. The van der Waals surface area contributed by atoms with Crippen LogP contribution in [0.2, 0.25) is 5.02 Å². The highest BCUT2D eigenvalue weighted by Gasteiger charge is 2.28. The Labute approximate surface area is 158 Å². The van der Waals surface area contributed by atoms with Gasteiger partial charge in [-0.05, 0) is 43.2 Å². The molecule has 1 aromatic heterocycles. The van der Waals surface area contributed by atoms with E-state index in [1.165, 1.54) is 35.1 Å². The molecule has 7 heteroatoms. The summed E-state index contributed by atoms with van der Waals surface area (Å²) >= 11 is 7.54. The van der Waals surface area contributed by atoms with E-state index in [-0.39, 0.29) is 15.3 Å². The average Bonchev–Trinajstić information content (AvgIpc) is 3.26. The van der Waals surface area contributed by atoms with E-state index in [4.69, 9.17) is 11.6 Å². The van der Waals surface area contributed by atoms with Gasteiger partial charge < -0.3 is 4.57 Å². The van der Waals surface area contributed by atoms with E-state index in [2.05, 4.69) is 36.7 Å². The second kappa shape index (κ2) is 6.56. The first-order valence-electron chi connectivity index (χ1n) is 8.36. The van der Waals surface area contributed by atoms with Crippen LogP contribution < -0.4 is 4.80 Å². The second-order valence-electron chi connectivity index (χ2n) is 7.60. The minimum Gasteiger partial charge on any atom is -0.320 e. The monoisotopic (exact) mass is 398 g/mol. The van der Waals surface area contributed by atoms with Crippen LogP contribution in [0.1, 0.15) is 44.2 Å². The van der Waals surface area contributed by atoms with Crippen LogP contribution >= 0.6 is 22.9 Å². The summed E-state index contributed by atoms with van der Waals surface area (Å²) in [7, 11) is -3.85. The molecule has 1 aromatic carbocycles. The topological polar surface area (TPSA) is 51.4 Å². The van der Waals surface area contributed by atoms with Crippen molar-refractivity contribution >= 4 is 33.0 Å². The number of nitrogens with zero attached hydrogens (tertiary/aromatic N) is 2. The Hall–Kier alpha value is -1.11. The number of hydrogen-bond acceptors (Lipinski definition) is 3. The molecule has 0 amide bonds. The zero-order valence-corrected chi connectivity index (χ0v) is 17.3. The van der Waals surface area contributed by atoms with Crippen LogP contribution in [0.3, 0.4) is 0 Å². The summed E-state index contributed by atoms with van der Waals surface area (Å²) in [6.07, 6.45) is 2.40. The van der Waals surface area contributed by atoms with Crippen LogP contribution in [0, 0.1) is 12.8 Å². The second-order valence-corrected chi connectivity index (χ2v) is 10.6. The molecule has 0 saturated heterocycles. The largest absolute Gasteiger partial charge is 0.320 e. The molecule has 1 saturated carbocycles. The van der Waals surface area contributed by atoms with Gasteiger partial charge in [0.15, 0.2) is 0 Å². The van der Waals surface area contributed by atoms with Gasteiger partial charge in [-0.25, -0.2) is 0 Å². The first-order valence-corrected chi connectivity index (χ1v) is 11.0. The lowest BCUT2D eigenvalue weighted by molar-refractivity contribution is 0.562. The number of halogens is 1. The van der Waals surface area contributed by atoms with Gasteiger partial charge in [-0.1, -0.05) is 44.5 Å². The number of sulfonamides is 1. The number of aromatic nitrogens is 1. The van der Waals surface area contributed by atoms with E-state index < -0.39 is 10.0 Å². The predicted octanol–water partition coefficient (Wildman–Crippen LogP) is 4.51. The molecule has 0 atom stereocenters. The average molecular weight is 399 g/mol. The molecule has 4 nitrogen and oxygen atoms in total. The van der Waals surface area contributed by atoms with Crippen molar-refractivity contribution in [1.82, 2.24) is 4.57 Å². The lowest BCUT2D eigenvalue weighted by Gasteiger charge is -2.17. The summed E-state index contributed by atoms with van der Waals surface area (Å²) in [6.45, 7) is 9.30. The molecule has 136 valence electrons. The summed E-state index contributed by atoms with van der Waals surface area (Å²) in [4.78, 5) is 1.76. The molecule has 0 unspecified atom stereocenters. The van der Waals surface area contributed by atoms with E-state index in [1.807, 2.05) is 0 Å². The van der Waals surface area contributed by atoms with Gasteiger partial charge in [-0.3, -0.25) is 0 Å². The highest BCUT2D eigenvalue weighted by atomic mass is 35.5. The quantitative estimate of drug-likeness (QED) is 0.760. The van der Waals surface area contributed by atoms with Crippen molar-refractivity contribution in [3.63, 3.8) is 0 Å². The summed E-state index contributed by atoms with van der Waals surface area (Å²) in [5, 5.41) is 0.198. The number of benzene rings is 1. The molecule has 25 heavy (non-hydrogen) atoms. The molecule has 1 aliphatic rings. The SMILES string of the molecule is Cc1c(C(C)(C)C)sc(=NS(=O)(=O)c2ccccc2Cl)n1CC1CC1. The minimum absolute atomic E-state index is 0.0536. The molecule has 0 spiro atoms. The van der Waals surface area contributed by atoms with Gasteiger partial charge >= 0.3 is 0 Å². The standard InChI is InChI=1S/C18H23ClN2O2S2/c1-12-16(18(2,3)4)24-17(21(12)11-13-9-10-13)20-25(22,23)15-8-6-5-7-14(15)19/h5-8,13H,9-11H2,1-4H3. The Morgan fingerprint density at radius 1 is 1.28 bits per heavy atom. The third-order valence-electron chi connectivity index (χ3n) is 4.29. The fourth-order valence-electron chi connectivity index (χ4n) is 2.83. The van der Waals surface area contributed by atoms with Gasteiger partial charge in [-0.2, -0.15) is 8.42 Å². The fraction of sp³-hybridized carbons (Fsp3) is 0.500. The zero-order valence-electron chi connectivity index (χ0n) is 14.9. The Kier molecular flexibility index (Phi) is 4.90. The van der Waals surface area contributed by atoms with Crippen molar-refractivity contribution in [2.75, 3.05) is 0 Å². The first-order chi connectivity index (χ1) is 11.6. The summed E-state index contributed by atoms with van der Waals surface area (Å²) in [5.74, 6) is 0.628. The van der Waals surface area contributed by atoms with E-state index in [0.717, 1.165) is 12.2 Å². The van der Waals surface area contributed by atoms with Crippen molar-refractivity contribution < 1.29 is 8.42 Å². The molecule has 0 bridgehead atoms. The molecule has 0 aliphatic heterocycles. The Morgan fingerprint density at radius 2 is 1.92 bits per heavy atom. The highest BCUT2D eigenvalue weighted by Crippen LogP contribution is 2.34. The molecule has 0 radical (unpaired) electrons. The Balaban J connectivity index is 2.18. The van der Waals surface area contributed by atoms with Crippen molar-refractivity contribution in [3.8, 4) is 0 Å². The molecule has 1 aliphatic carbocycles. The van der Waals surface area contributed by atoms with Crippen molar-refractivity contribution in [3.05, 3.63) is 44.7 Å². The molecule has 3 rings (SSSR count). The number of thiazole rings is 1. The third kappa shape index (κ3) is 4.01.